The normalized spacial score (nSPS) is 10.2. The first-order valence-corrected chi connectivity index (χ1v) is 7.23. The third-order valence-electron chi connectivity index (χ3n) is 3.51. The number of benzene rings is 2. The summed E-state index contributed by atoms with van der Waals surface area (Å²) in [5.41, 5.74) is 2.46. The summed E-state index contributed by atoms with van der Waals surface area (Å²) < 4.78 is 9.87. The van der Waals surface area contributed by atoms with Crippen LogP contribution in [0.2, 0.25) is 0 Å². The third-order valence-corrected chi connectivity index (χ3v) is 3.51. The van der Waals surface area contributed by atoms with Crippen molar-refractivity contribution in [3.8, 4) is 0 Å². The fourth-order valence-corrected chi connectivity index (χ4v) is 2.30. The first-order chi connectivity index (χ1) is 11.6. The van der Waals surface area contributed by atoms with Gasteiger partial charge in [0.2, 0.25) is 0 Å². The van der Waals surface area contributed by atoms with Gasteiger partial charge in [-0.05, 0) is 17.2 Å². The minimum Gasteiger partial charge on any atom is -0.465 e. The molecule has 1 N–H and O–H groups in total. The zero-order valence-electron chi connectivity index (χ0n) is 13.4. The topological polar surface area (TPSA) is 90.7 Å². The number of nitro groups is 1. The van der Waals surface area contributed by atoms with E-state index in [1.807, 2.05) is 24.3 Å². The number of carbonyl (C=O) groups is 1. The monoisotopic (exact) mass is 330 g/mol. The number of hydrogen-bond acceptors (Lipinski definition) is 6. The van der Waals surface area contributed by atoms with Crippen molar-refractivity contribution < 1.29 is 19.2 Å². The number of nitrogens with one attached hydrogen (secondary N) is 1. The van der Waals surface area contributed by atoms with Gasteiger partial charge in [0.15, 0.2) is 0 Å². The molecule has 0 fully saturated rings. The van der Waals surface area contributed by atoms with E-state index in [0.29, 0.717) is 18.8 Å². The molecule has 0 aromatic heterocycles. The molecule has 0 atom stereocenters. The number of hydrogen-bond donors (Lipinski definition) is 1. The van der Waals surface area contributed by atoms with E-state index in [1.54, 1.807) is 7.11 Å². The first kappa shape index (κ1) is 17.4. The van der Waals surface area contributed by atoms with Crippen molar-refractivity contribution in [2.75, 3.05) is 19.5 Å². The van der Waals surface area contributed by atoms with Crippen LogP contribution in [0.25, 0.3) is 0 Å². The van der Waals surface area contributed by atoms with E-state index >= 15 is 0 Å². The van der Waals surface area contributed by atoms with Gasteiger partial charge in [0.1, 0.15) is 0 Å². The lowest BCUT2D eigenvalue weighted by atomic mass is 10.1. The molecule has 0 aliphatic carbocycles. The summed E-state index contributed by atoms with van der Waals surface area (Å²) in [7, 11) is 2.86. The van der Waals surface area contributed by atoms with E-state index < -0.39 is 10.9 Å². The van der Waals surface area contributed by atoms with Crippen LogP contribution in [-0.4, -0.2) is 25.1 Å². The summed E-state index contributed by atoms with van der Waals surface area (Å²) in [6, 6.07) is 11.8. The number of esters is 1. The summed E-state index contributed by atoms with van der Waals surface area (Å²) in [5, 5.41) is 14.0. The Hall–Kier alpha value is -2.93. The molecule has 0 bridgehead atoms. The van der Waals surface area contributed by atoms with Gasteiger partial charge in [0.05, 0.1) is 24.2 Å². The van der Waals surface area contributed by atoms with Crippen LogP contribution in [-0.2, 0) is 22.6 Å². The Kier molecular flexibility index (Phi) is 5.86. The Labute approximate surface area is 139 Å². The molecule has 7 nitrogen and oxygen atoms in total. The maximum atomic E-state index is 11.9. The zero-order valence-corrected chi connectivity index (χ0v) is 13.4. The van der Waals surface area contributed by atoms with Gasteiger partial charge in [-0.15, -0.1) is 0 Å². The van der Waals surface area contributed by atoms with Crippen LogP contribution in [0, 0.1) is 10.1 Å². The van der Waals surface area contributed by atoms with Crippen molar-refractivity contribution in [1.29, 1.82) is 0 Å². The Morgan fingerprint density at radius 1 is 1.17 bits per heavy atom. The van der Waals surface area contributed by atoms with Crippen molar-refractivity contribution in [3.05, 3.63) is 69.3 Å². The molecular weight excluding hydrogens is 312 g/mol. The third kappa shape index (κ3) is 4.08. The predicted octanol–water partition coefficient (Wildman–Crippen LogP) is 3.14. The summed E-state index contributed by atoms with van der Waals surface area (Å²) >= 11 is 0. The number of ether oxygens (including phenoxy) is 2. The van der Waals surface area contributed by atoms with Crippen LogP contribution in [0.3, 0.4) is 0 Å². The zero-order chi connectivity index (χ0) is 17.5. The number of non-ortho nitro benzene ring substituents is 1. The molecule has 0 saturated heterocycles. The van der Waals surface area contributed by atoms with Gasteiger partial charge < -0.3 is 14.8 Å². The average Bonchev–Trinajstić information content (AvgIpc) is 2.60. The Morgan fingerprint density at radius 2 is 1.88 bits per heavy atom. The standard InChI is InChI=1S/C17H18N2O5/c1-23-11-13-6-4-3-5-12(13)10-18-16-8-7-14(19(21)22)9-15(16)17(20)24-2/h3-9,18H,10-11H2,1-2H3. The fraction of sp³-hybridized carbons (Fsp3) is 0.235. The molecule has 126 valence electrons. The second kappa shape index (κ2) is 8.07. The smallest absolute Gasteiger partial charge is 0.340 e. The molecule has 2 aromatic rings. The number of methoxy groups -OCH3 is 2. The van der Waals surface area contributed by atoms with Gasteiger partial charge in [0, 0.05) is 31.5 Å². The molecule has 7 heteroatoms. The van der Waals surface area contributed by atoms with E-state index in [0.717, 1.165) is 11.1 Å². The van der Waals surface area contributed by atoms with E-state index in [-0.39, 0.29) is 11.3 Å². The molecule has 0 heterocycles. The number of carbonyl (C=O) groups excluding carboxylic acids is 1. The number of nitrogens with zero attached hydrogens (tertiary/aromatic N) is 1. The van der Waals surface area contributed by atoms with Crippen molar-refractivity contribution in [3.63, 3.8) is 0 Å². The molecule has 0 amide bonds. The maximum Gasteiger partial charge on any atom is 0.340 e. The van der Waals surface area contributed by atoms with Crippen LogP contribution < -0.4 is 5.32 Å². The highest BCUT2D eigenvalue weighted by Crippen LogP contribution is 2.24. The molecular formula is C17H18N2O5. The highest BCUT2D eigenvalue weighted by Gasteiger charge is 2.17. The minimum absolute atomic E-state index is 0.121. The van der Waals surface area contributed by atoms with Crippen LogP contribution in [0.1, 0.15) is 21.5 Å². The van der Waals surface area contributed by atoms with Crippen molar-refractivity contribution in [2.45, 2.75) is 13.2 Å². The lowest BCUT2D eigenvalue weighted by Crippen LogP contribution is -2.10. The Bertz CT molecular complexity index is 746. The Morgan fingerprint density at radius 3 is 2.50 bits per heavy atom. The van der Waals surface area contributed by atoms with E-state index in [9.17, 15) is 14.9 Å². The van der Waals surface area contributed by atoms with Crippen LogP contribution in [0.5, 0.6) is 0 Å². The maximum absolute atomic E-state index is 11.9. The summed E-state index contributed by atoms with van der Waals surface area (Å²) in [6.45, 7) is 0.920. The summed E-state index contributed by atoms with van der Waals surface area (Å²) in [4.78, 5) is 22.2. The first-order valence-electron chi connectivity index (χ1n) is 7.23. The Balaban J connectivity index is 2.26. The average molecular weight is 330 g/mol. The molecule has 0 aliphatic rings. The van der Waals surface area contributed by atoms with Crippen molar-refractivity contribution in [1.82, 2.24) is 0 Å². The molecule has 24 heavy (non-hydrogen) atoms. The van der Waals surface area contributed by atoms with Crippen LogP contribution in [0.4, 0.5) is 11.4 Å². The lowest BCUT2D eigenvalue weighted by molar-refractivity contribution is -0.384. The molecule has 0 radical (unpaired) electrons. The minimum atomic E-state index is -0.633. The van der Waals surface area contributed by atoms with Gasteiger partial charge in [-0.1, -0.05) is 24.3 Å². The van der Waals surface area contributed by atoms with E-state index in [2.05, 4.69) is 5.32 Å². The van der Waals surface area contributed by atoms with E-state index in [1.165, 1.54) is 25.3 Å². The molecule has 0 unspecified atom stereocenters. The summed E-state index contributed by atoms with van der Waals surface area (Å²) in [5.74, 6) is -0.633. The van der Waals surface area contributed by atoms with Gasteiger partial charge >= 0.3 is 5.97 Å². The lowest BCUT2D eigenvalue weighted by Gasteiger charge is -2.13. The van der Waals surface area contributed by atoms with Crippen molar-refractivity contribution >= 4 is 17.3 Å². The second-order valence-electron chi connectivity index (χ2n) is 5.03. The van der Waals surface area contributed by atoms with Crippen molar-refractivity contribution in [2.24, 2.45) is 0 Å². The fourth-order valence-electron chi connectivity index (χ4n) is 2.30. The van der Waals surface area contributed by atoms with Gasteiger partial charge in [-0.25, -0.2) is 4.79 Å². The van der Waals surface area contributed by atoms with Gasteiger partial charge in [-0.3, -0.25) is 10.1 Å². The largest absolute Gasteiger partial charge is 0.465 e. The predicted molar refractivity (Wildman–Crippen MR) is 88.9 cm³/mol. The number of nitro benzene ring substituents is 1. The second-order valence-corrected chi connectivity index (χ2v) is 5.03. The number of rotatable bonds is 7. The van der Waals surface area contributed by atoms with Crippen LogP contribution >= 0.6 is 0 Å². The molecule has 0 spiro atoms. The molecule has 2 aromatic carbocycles. The van der Waals surface area contributed by atoms with Gasteiger partial charge in [0.25, 0.3) is 5.69 Å². The highest BCUT2D eigenvalue weighted by molar-refractivity contribution is 5.96. The van der Waals surface area contributed by atoms with Crippen LogP contribution in [0.15, 0.2) is 42.5 Å². The number of anilines is 1. The molecule has 0 saturated carbocycles. The van der Waals surface area contributed by atoms with Gasteiger partial charge in [-0.2, -0.15) is 0 Å². The molecule has 2 rings (SSSR count). The summed E-state index contributed by atoms with van der Waals surface area (Å²) in [6.07, 6.45) is 0. The van der Waals surface area contributed by atoms with E-state index in [4.69, 9.17) is 9.47 Å². The molecule has 0 aliphatic heterocycles. The highest BCUT2D eigenvalue weighted by atomic mass is 16.6. The SMILES string of the molecule is COCc1ccccc1CNc1ccc([N+](=O)[O-])cc1C(=O)OC. The quantitative estimate of drug-likeness (QED) is 0.476.